The zero-order valence-electron chi connectivity index (χ0n) is 13.2. The number of carbonyl (C=O) groups is 1. The zero-order valence-corrected chi connectivity index (χ0v) is 13.2. The van der Waals surface area contributed by atoms with Crippen LogP contribution in [0.25, 0.3) is 5.65 Å². The number of rotatable bonds is 4. The molecule has 5 nitrogen and oxygen atoms in total. The van der Waals surface area contributed by atoms with Crippen molar-refractivity contribution in [3.05, 3.63) is 40.9 Å². The second-order valence-corrected chi connectivity index (χ2v) is 5.95. The van der Waals surface area contributed by atoms with Gasteiger partial charge in [-0.15, -0.1) is 0 Å². The number of nitrogens with zero attached hydrogens (tertiary/aromatic N) is 3. The maximum atomic E-state index is 12.3. The van der Waals surface area contributed by atoms with Gasteiger partial charge in [-0.05, 0) is 52.0 Å². The molecule has 0 atom stereocenters. The van der Waals surface area contributed by atoms with Crippen molar-refractivity contribution in [2.24, 2.45) is 0 Å². The first-order chi connectivity index (χ1) is 10.6. The molecule has 0 saturated carbocycles. The van der Waals surface area contributed by atoms with Gasteiger partial charge in [0.2, 0.25) is 0 Å². The van der Waals surface area contributed by atoms with Crippen LogP contribution in [0.1, 0.15) is 54.0 Å². The molecule has 0 spiro atoms. The number of fused-ring (bicyclic) bond motifs is 1. The highest BCUT2D eigenvalue weighted by atomic mass is 16.1. The largest absolute Gasteiger partial charge is 0.350 e. The average Bonchev–Trinajstić information content (AvgIpc) is 2.89. The maximum absolute atomic E-state index is 12.3. The molecule has 116 valence electrons. The SMILES string of the molecule is Cc1cc2nc(C(=O)NCCC3=CCCCC3)cc(C)n2n1. The number of aromatic nitrogens is 3. The fourth-order valence-corrected chi connectivity index (χ4v) is 2.91. The van der Waals surface area contributed by atoms with Crippen LogP contribution in [0.5, 0.6) is 0 Å². The molecule has 3 rings (SSSR count). The number of allylic oxidation sites excluding steroid dienone is 1. The van der Waals surface area contributed by atoms with Crippen molar-refractivity contribution in [1.29, 1.82) is 0 Å². The minimum absolute atomic E-state index is 0.110. The predicted molar refractivity (Wildman–Crippen MR) is 86.0 cm³/mol. The Morgan fingerprint density at radius 1 is 1.32 bits per heavy atom. The van der Waals surface area contributed by atoms with Gasteiger partial charge in [-0.25, -0.2) is 9.50 Å². The monoisotopic (exact) mass is 298 g/mol. The van der Waals surface area contributed by atoms with E-state index in [2.05, 4.69) is 21.5 Å². The van der Waals surface area contributed by atoms with Gasteiger partial charge in [-0.2, -0.15) is 5.10 Å². The summed E-state index contributed by atoms with van der Waals surface area (Å²) in [6.45, 7) is 4.53. The number of hydrogen-bond acceptors (Lipinski definition) is 3. The van der Waals surface area contributed by atoms with Gasteiger partial charge in [0.25, 0.3) is 5.91 Å². The molecule has 1 N–H and O–H groups in total. The van der Waals surface area contributed by atoms with E-state index in [4.69, 9.17) is 0 Å². The highest BCUT2D eigenvalue weighted by Gasteiger charge is 2.12. The number of carbonyl (C=O) groups excluding carboxylic acids is 1. The van der Waals surface area contributed by atoms with Crippen molar-refractivity contribution in [3.63, 3.8) is 0 Å². The van der Waals surface area contributed by atoms with Crippen LogP contribution in [0, 0.1) is 13.8 Å². The zero-order chi connectivity index (χ0) is 15.5. The molecular formula is C17H22N4O. The summed E-state index contributed by atoms with van der Waals surface area (Å²) in [5.74, 6) is -0.110. The minimum Gasteiger partial charge on any atom is -0.350 e. The molecule has 0 aromatic carbocycles. The lowest BCUT2D eigenvalue weighted by atomic mass is 9.97. The molecular weight excluding hydrogens is 276 g/mol. The Morgan fingerprint density at radius 2 is 2.18 bits per heavy atom. The molecule has 0 saturated heterocycles. The van der Waals surface area contributed by atoms with Crippen molar-refractivity contribution in [1.82, 2.24) is 19.9 Å². The third kappa shape index (κ3) is 3.18. The van der Waals surface area contributed by atoms with E-state index in [0.717, 1.165) is 23.5 Å². The number of aryl methyl sites for hydroxylation is 2. The fraction of sp³-hybridized carbons (Fsp3) is 0.471. The van der Waals surface area contributed by atoms with Gasteiger partial charge in [-0.3, -0.25) is 4.79 Å². The van der Waals surface area contributed by atoms with Crippen LogP contribution in [0.4, 0.5) is 0 Å². The van der Waals surface area contributed by atoms with E-state index in [-0.39, 0.29) is 5.91 Å². The molecule has 0 radical (unpaired) electrons. The van der Waals surface area contributed by atoms with Gasteiger partial charge in [0.05, 0.1) is 5.69 Å². The Morgan fingerprint density at radius 3 is 2.95 bits per heavy atom. The Hall–Kier alpha value is -2.17. The van der Waals surface area contributed by atoms with Crippen LogP contribution in [-0.4, -0.2) is 27.0 Å². The summed E-state index contributed by atoms with van der Waals surface area (Å²) in [5, 5.41) is 7.32. The van der Waals surface area contributed by atoms with Crippen LogP contribution >= 0.6 is 0 Å². The first kappa shape index (κ1) is 14.8. The second-order valence-electron chi connectivity index (χ2n) is 5.95. The first-order valence-electron chi connectivity index (χ1n) is 7.93. The van der Waals surface area contributed by atoms with E-state index < -0.39 is 0 Å². The van der Waals surface area contributed by atoms with Crippen LogP contribution in [0.2, 0.25) is 0 Å². The van der Waals surface area contributed by atoms with E-state index in [1.807, 2.05) is 19.9 Å². The number of amides is 1. The predicted octanol–water partition coefficient (Wildman–Crippen LogP) is 2.97. The molecule has 2 aromatic rings. The van der Waals surface area contributed by atoms with Gasteiger partial charge in [-0.1, -0.05) is 11.6 Å². The summed E-state index contributed by atoms with van der Waals surface area (Å²) in [6, 6.07) is 3.67. The molecule has 2 aromatic heterocycles. The average molecular weight is 298 g/mol. The van der Waals surface area contributed by atoms with Gasteiger partial charge in [0.1, 0.15) is 5.69 Å². The summed E-state index contributed by atoms with van der Waals surface area (Å²) in [4.78, 5) is 16.7. The Balaban J connectivity index is 1.65. The first-order valence-corrected chi connectivity index (χ1v) is 7.93. The lowest BCUT2D eigenvalue weighted by Gasteiger charge is -2.13. The van der Waals surface area contributed by atoms with Crippen molar-refractivity contribution >= 4 is 11.6 Å². The summed E-state index contributed by atoms with van der Waals surface area (Å²) >= 11 is 0. The Kier molecular flexibility index (Phi) is 4.22. The summed E-state index contributed by atoms with van der Waals surface area (Å²) in [7, 11) is 0. The summed E-state index contributed by atoms with van der Waals surface area (Å²) < 4.78 is 1.76. The maximum Gasteiger partial charge on any atom is 0.270 e. The molecule has 0 aliphatic heterocycles. The standard InChI is InChI=1S/C17H22N4O/c1-12-10-16-19-15(11-13(2)21(16)20-12)17(22)18-9-8-14-6-4-3-5-7-14/h6,10-11H,3-5,7-9H2,1-2H3,(H,18,22). The van der Waals surface area contributed by atoms with E-state index >= 15 is 0 Å². The van der Waals surface area contributed by atoms with Crippen LogP contribution in [0.3, 0.4) is 0 Å². The Labute approximate surface area is 130 Å². The summed E-state index contributed by atoms with van der Waals surface area (Å²) in [6.07, 6.45) is 8.19. The molecule has 22 heavy (non-hydrogen) atoms. The fourth-order valence-electron chi connectivity index (χ4n) is 2.91. The van der Waals surface area contributed by atoms with Gasteiger partial charge >= 0.3 is 0 Å². The van der Waals surface area contributed by atoms with Crippen LogP contribution < -0.4 is 5.32 Å². The Bertz CT molecular complexity index is 730. The molecule has 1 aliphatic rings. The molecule has 1 amide bonds. The lowest BCUT2D eigenvalue weighted by Crippen LogP contribution is -2.26. The molecule has 0 bridgehead atoms. The quantitative estimate of drug-likeness (QED) is 0.883. The van der Waals surface area contributed by atoms with Crippen molar-refractivity contribution in [3.8, 4) is 0 Å². The third-order valence-electron chi connectivity index (χ3n) is 4.08. The highest BCUT2D eigenvalue weighted by Crippen LogP contribution is 2.19. The van der Waals surface area contributed by atoms with E-state index in [9.17, 15) is 4.79 Å². The minimum atomic E-state index is -0.110. The van der Waals surface area contributed by atoms with Crippen molar-refractivity contribution in [2.45, 2.75) is 46.0 Å². The van der Waals surface area contributed by atoms with Crippen molar-refractivity contribution < 1.29 is 4.79 Å². The van der Waals surface area contributed by atoms with Gasteiger partial charge in [0, 0.05) is 18.3 Å². The topological polar surface area (TPSA) is 59.3 Å². The van der Waals surface area contributed by atoms with Crippen LogP contribution in [0.15, 0.2) is 23.8 Å². The molecule has 0 fully saturated rings. The van der Waals surface area contributed by atoms with Gasteiger partial charge in [0.15, 0.2) is 5.65 Å². The number of hydrogen-bond donors (Lipinski definition) is 1. The van der Waals surface area contributed by atoms with E-state index in [1.165, 1.54) is 31.3 Å². The van der Waals surface area contributed by atoms with E-state index in [0.29, 0.717) is 12.2 Å². The van der Waals surface area contributed by atoms with Gasteiger partial charge < -0.3 is 5.32 Å². The summed E-state index contributed by atoms with van der Waals surface area (Å²) in [5.41, 5.74) is 4.47. The highest BCUT2D eigenvalue weighted by molar-refractivity contribution is 5.92. The van der Waals surface area contributed by atoms with Crippen LogP contribution in [-0.2, 0) is 0 Å². The second kappa shape index (κ2) is 6.30. The lowest BCUT2D eigenvalue weighted by molar-refractivity contribution is 0.0949. The normalized spacial score (nSPS) is 14.9. The molecule has 2 heterocycles. The molecule has 5 heteroatoms. The molecule has 0 unspecified atom stereocenters. The number of nitrogens with one attached hydrogen (secondary N) is 1. The third-order valence-corrected chi connectivity index (χ3v) is 4.08. The van der Waals surface area contributed by atoms with Crippen molar-refractivity contribution in [2.75, 3.05) is 6.54 Å². The van der Waals surface area contributed by atoms with E-state index in [1.54, 1.807) is 10.6 Å². The molecule has 1 aliphatic carbocycles. The smallest absolute Gasteiger partial charge is 0.270 e.